The minimum atomic E-state index is -1.59. The standard InChI is InChI=1S/C27H42N4O6.CH4O/c1-6-7-12-34-24(32)27(5,37-31-25(33)36-26(2,3)4)22-11-9-18-15-19(8-10-21(18)35-22)23(29)30-16-17-13-20(28)14-17;1-2/h8,10,15,17,20,22H,6-7,9,11-14,16,28H2,1-5H3,(H2,29,30)(H,31,33);2H,1H3. The van der Waals surface area contributed by atoms with Crippen LogP contribution in [0.4, 0.5) is 4.79 Å². The first kappa shape index (κ1) is 32.3. The van der Waals surface area contributed by atoms with Crippen LogP contribution in [0.15, 0.2) is 23.2 Å². The Hall–Kier alpha value is -2.89. The second kappa shape index (κ2) is 14.5. The van der Waals surface area contributed by atoms with Crippen LogP contribution in [0, 0.1) is 5.92 Å². The van der Waals surface area contributed by atoms with Gasteiger partial charge in [-0.05, 0) is 89.5 Å². The number of carbonyl (C=O) groups excluding carboxylic acids is 2. The Morgan fingerprint density at radius 2 is 1.90 bits per heavy atom. The summed E-state index contributed by atoms with van der Waals surface area (Å²) < 4.78 is 16.9. The average Bonchev–Trinajstić information content (AvgIpc) is 2.88. The lowest BCUT2D eigenvalue weighted by Crippen LogP contribution is -2.57. The molecule has 6 N–H and O–H groups in total. The Balaban J connectivity index is 0.00000260. The van der Waals surface area contributed by atoms with E-state index in [2.05, 4.69) is 10.5 Å². The van der Waals surface area contributed by atoms with Crippen LogP contribution in [-0.2, 0) is 25.5 Å². The van der Waals surface area contributed by atoms with E-state index in [4.69, 9.17) is 35.6 Å². The van der Waals surface area contributed by atoms with Crippen molar-refractivity contribution >= 4 is 17.9 Å². The Bertz CT molecular complexity index is 989. The summed E-state index contributed by atoms with van der Waals surface area (Å²) in [5, 5.41) is 7.00. The number of carbonyl (C=O) groups is 2. The number of rotatable bonds is 10. The van der Waals surface area contributed by atoms with E-state index in [1.807, 2.05) is 25.1 Å². The molecule has 1 aliphatic heterocycles. The molecule has 2 aliphatic rings. The number of ether oxygens (including phenoxy) is 3. The Morgan fingerprint density at radius 3 is 2.51 bits per heavy atom. The summed E-state index contributed by atoms with van der Waals surface area (Å²) in [5.41, 5.74) is 13.8. The maximum atomic E-state index is 13.1. The number of benzene rings is 1. The van der Waals surface area contributed by atoms with E-state index in [0.717, 1.165) is 43.9 Å². The molecule has 3 rings (SSSR count). The summed E-state index contributed by atoms with van der Waals surface area (Å²) in [6.07, 6.45) is 3.13. The van der Waals surface area contributed by atoms with Crippen molar-refractivity contribution in [2.75, 3.05) is 20.3 Å². The van der Waals surface area contributed by atoms with Crippen LogP contribution in [0.1, 0.15) is 77.8 Å². The van der Waals surface area contributed by atoms with Gasteiger partial charge in [0.05, 0.1) is 6.61 Å². The molecule has 220 valence electrons. The number of hydrogen-bond donors (Lipinski definition) is 4. The fourth-order valence-corrected chi connectivity index (χ4v) is 4.33. The molecule has 2 atom stereocenters. The van der Waals surface area contributed by atoms with Gasteiger partial charge in [0, 0.05) is 25.3 Å². The minimum Gasteiger partial charge on any atom is -0.486 e. The number of nitrogens with zero attached hydrogens (tertiary/aromatic N) is 1. The number of hydrogen-bond acceptors (Lipinski definition) is 9. The van der Waals surface area contributed by atoms with Gasteiger partial charge in [0.15, 0.2) is 0 Å². The van der Waals surface area contributed by atoms with Crippen molar-refractivity contribution in [3.8, 4) is 5.75 Å². The zero-order chi connectivity index (χ0) is 29.2. The van der Waals surface area contributed by atoms with E-state index in [1.54, 1.807) is 27.7 Å². The number of esters is 1. The quantitative estimate of drug-likeness (QED) is 0.112. The molecule has 0 spiro atoms. The van der Waals surface area contributed by atoms with Gasteiger partial charge in [-0.2, -0.15) is 5.48 Å². The van der Waals surface area contributed by atoms with Crippen molar-refractivity contribution in [3.05, 3.63) is 29.3 Å². The Labute approximate surface area is 231 Å². The number of hydroxylamine groups is 1. The van der Waals surface area contributed by atoms with Crippen molar-refractivity contribution in [2.45, 2.75) is 96.5 Å². The lowest BCUT2D eigenvalue weighted by Gasteiger charge is -2.37. The van der Waals surface area contributed by atoms with Crippen molar-refractivity contribution in [2.24, 2.45) is 22.4 Å². The molecule has 2 unspecified atom stereocenters. The van der Waals surface area contributed by atoms with Crippen molar-refractivity contribution in [1.82, 2.24) is 5.48 Å². The molecule has 1 amide bonds. The molecule has 0 saturated heterocycles. The maximum Gasteiger partial charge on any atom is 0.431 e. The zero-order valence-corrected chi connectivity index (χ0v) is 24.1. The number of fused-ring (bicyclic) bond motifs is 1. The molecule has 1 aromatic rings. The largest absolute Gasteiger partial charge is 0.486 e. The number of nitrogens with two attached hydrogens (primary N) is 2. The molecule has 1 heterocycles. The highest BCUT2D eigenvalue weighted by molar-refractivity contribution is 5.97. The van der Waals surface area contributed by atoms with Crippen LogP contribution in [0.25, 0.3) is 0 Å². The van der Waals surface area contributed by atoms with E-state index in [9.17, 15) is 9.59 Å². The second-order valence-electron chi connectivity index (χ2n) is 11.1. The average molecular weight is 551 g/mol. The number of aliphatic hydroxyl groups is 1. The first-order valence-corrected chi connectivity index (χ1v) is 13.6. The van der Waals surface area contributed by atoms with Gasteiger partial charge in [-0.25, -0.2) is 14.4 Å². The van der Waals surface area contributed by atoms with E-state index < -0.39 is 29.4 Å². The van der Waals surface area contributed by atoms with Gasteiger partial charge in [-0.15, -0.1) is 0 Å². The predicted octanol–water partition coefficient (Wildman–Crippen LogP) is 2.99. The molecule has 0 bridgehead atoms. The molecule has 1 aromatic carbocycles. The monoisotopic (exact) mass is 550 g/mol. The lowest BCUT2D eigenvalue weighted by molar-refractivity contribution is -0.196. The van der Waals surface area contributed by atoms with E-state index >= 15 is 0 Å². The first-order valence-electron chi connectivity index (χ1n) is 13.6. The van der Waals surface area contributed by atoms with Crippen LogP contribution in [0.5, 0.6) is 5.75 Å². The number of nitrogens with one attached hydrogen (secondary N) is 1. The van der Waals surface area contributed by atoms with Gasteiger partial charge < -0.3 is 30.8 Å². The lowest BCUT2D eigenvalue weighted by atomic mass is 9.81. The maximum absolute atomic E-state index is 13.1. The first-order chi connectivity index (χ1) is 18.4. The van der Waals surface area contributed by atoms with Gasteiger partial charge in [-0.3, -0.25) is 4.99 Å². The smallest absolute Gasteiger partial charge is 0.431 e. The minimum absolute atomic E-state index is 0.249. The van der Waals surface area contributed by atoms with Crippen LogP contribution in [-0.4, -0.2) is 66.6 Å². The number of amides is 1. The van der Waals surface area contributed by atoms with E-state index in [0.29, 0.717) is 36.9 Å². The van der Waals surface area contributed by atoms with Crippen molar-refractivity contribution in [1.29, 1.82) is 0 Å². The summed E-state index contributed by atoms with van der Waals surface area (Å²) in [6.45, 7) is 9.69. The molecule has 11 nitrogen and oxygen atoms in total. The van der Waals surface area contributed by atoms with Crippen LogP contribution >= 0.6 is 0 Å². The highest BCUT2D eigenvalue weighted by Crippen LogP contribution is 2.34. The highest BCUT2D eigenvalue weighted by atomic mass is 16.7. The van der Waals surface area contributed by atoms with Gasteiger partial charge >= 0.3 is 12.1 Å². The molecular formula is C28H46N4O7. The van der Waals surface area contributed by atoms with Gasteiger partial charge in [0.1, 0.15) is 23.3 Å². The predicted molar refractivity (Wildman–Crippen MR) is 148 cm³/mol. The van der Waals surface area contributed by atoms with Crippen LogP contribution < -0.4 is 21.7 Å². The van der Waals surface area contributed by atoms with Crippen molar-refractivity contribution < 1.29 is 33.7 Å². The topological polar surface area (TPSA) is 168 Å². The summed E-state index contributed by atoms with van der Waals surface area (Å²) in [6, 6.07) is 5.92. The van der Waals surface area contributed by atoms with E-state index in [1.165, 1.54) is 0 Å². The molecule has 39 heavy (non-hydrogen) atoms. The highest BCUT2D eigenvalue weighted by Gasteiger charge is 2.49. The number of amidine groups is 1. The number of aryl methyl sites for hydroxylation is 1. The fourth-order valence-electron chi connectivity index (χ4n) is 4.33. The Kier molecular flexibility index (Phi) is 12.0. The fraction of sp³-hybridized carbons (Fsp3) is 0.679. The van der Waals surface area contributed by atoms with Crippen molar-refractivity contribution in [3.63, 3.8) is 0 Å². The molecule has 1 fully saturated rings. The van der Waals surface area contributed by atoms with Crippen LogP contribution in [0.2, 0.25) is 0 Å². The van der Waals surface area contributed by atoms with Gasteiger partial charge in [-0.1, -0.05) is 13.3 Å². The van der Waals surface area contributed by atoms with Crippen LogP contribution in [0.3, 0.4) is 0 Å². The number of aliphatic hydroxyl groups excluding tert-OH is 1. The normalized spacial score (nSPS) is 22.1. The third-order valence-corrected chi connectivity index (χ3v) is 6.59. The number of aliphatic imine (C=N–C) groups is 1. The molecule has 1 saturated carbocycles. The zero-order valence-electron chi connectivity index (χ0n) is 24.1. The second-order valence-corrected chi connectivity index (χ2v) is 11.1. The molecular weight excluding hydrogens is 504 g/mol. The number of unbranched alkanes of at least 4 members (excludes halogenated alkanes) is 1. The molecule has 0 aromatic heterocycles. The summed E-state index contributed by atoms with van der Waals surface area (Å²) in [7, 11) is 1.00. The summed E-state index contributed by atoms with van der Waals surface area (Å²) >= 11 is 0. The third-order valence-electron chi connectivity index (χ3n) is 6.59. The molecule has 0 radical (unpaired) electrons. The molecule has 11 heteroatoms. The van der Waals surface area contributed by atoms with Gasteiger partial charge in [0.25, 0.3) is 0 Å². The van der Waals surface area contributed by atoms with E-state index in [-0.39, 0.29) is 12.6 Å². The summed E-state index contributed by atoms with van der Waals surface area (Å²) in [4.78, 5) is 35.5. The van der Waals surface area contributed by atoms with Gasteiger partial charge in [0.2, 0.25) is 5.60 Å². The third kappa shape index (κ3) is 9.36. The Morgan fingerprint density at radius 1 is 1.21 bits per heavy atom. The summed E-state index contributed by atoms with van der Waals surface area (Å²) in [5.74, 6) is 0.985. The molecule has 1 aliphatic carbocycles. The SMILES string of the molecule is CCCCOC(=O)C(C)(ONC(=O)OC(C)(C)C)C1CCc2cc(C(N)=NCC3CC(N)C3)ccc2O1.CO.